The second-order valence-electron chi connectivity index (χ2n) is 20.9. The summed E-state index contributed by atoms with van der Waals surface area (Å²) in [5.74, 6) is 2.82. The quantitative estimate of drug-likeness (QED) is 0.134. The molecule has 7 heterocycles. The molecule has 1 amide bonds. The third kappa shape index (κ3) is 7.45. The lowest BCUT2D eigenvalue weighted by Gasteiger charge is -2.48. The van der Waals surface area contributed by atoms with Crippen LogP contribution in [0.4, 0.5) is 23.8 Å². The highest BCUT2D eigenvalue weighted by atomic mass is 28.3. The molecule has 9 nitrogen and oxygen atoms in total. The maximum atomic E-state index is 18.0. The molecule has 63 heavy (non-hydrogen) atoms. The lowest BCUT2D eigenvalue weighted by molar-refractivity contribution is 0.00699. The molecule has 4 fully saturated rings. The van der Waals surface area contributed by atoms with Crippen molar-refractivity contribution in [1.29, 1.82) is 0 Å². The van der Waals surface area contributed by atoms with E-state index in [4.69, 9.17) is 24.4 Å². The van der Waals surface area contributed by atoms with Crippen LogP contribution in [-0.4, -0.2) is 101 Å². The Bertz CT molecular complexity index is 2490. The first-order valence-corrected chi connectivity index (χ1v) is 25.6. The van der Waals surface area contributed by atoms with E-state index in [2.05, 4.69) is 62.8 Å². The average Bonchev–Trinajstić information content (AvgIpc) is 3.86. The topological polar surface area (TPSA) is 83.9 Å². The Hall–Kier alpha value is -4.41. The summed E-state index contributed by atoms with van der Waals surface area (Å²) in [6.45, 7) is 20.9. The molecule has 0 unspecified atom stereocenters. The molecule has 0 aliphatic carbocycles. The molecule has 5 atom stereocenters. The number of hydrogen-bond donors (Lipinski definition) is 0. The van der Waals surface area contributed by atoms with Crippen LogP contribution in [0.15, 0.2) is 30.3 Å². The van der Waals surface area contributed by atoms with Crippen molar-refractivity contribution in [2.75, 3.05) is 31.1 Å². The van der Waals surface area contributed by atoms with E-state index in [1.165, 1.54) is 6.07 Å². The fourth-order valence-electron chi connectivity index (χ4n) is 12.5. The van der Waals surface area contributed by atoms with Gasteiger partial charge in [-0.25, -0.2) is 22.9 Å². The first kappa shape index (κ1) is 43.8. The van der Waals surface area contributed by atoms with Crippen LogP contribution in [0.5, 0.6) is 6.01 Å². The number of carbonyl (C=O) groups excluding carboxylic acids is 1. The van der Waals surface area contributed by atoms with Gasteiger partial charge in [-0.1, -0.05) is 71.7 Å². The van der Waals surface area contributed by atoms with Gasteiger partial charge in [-0.15, -0.1) is 5.54 Å². The molecule has 5 aliphatic rings. The normalized spacial score (nSPS) is 24.8. The number of alkyl halides is 1. The number of hydrogen-bond acceptors (Lipinski definition) is 8. The molecule has 0 N–H and O–H groups in total. The van der Waals surface area contributed by atoms with Gasteiger partial charge in [0.2, 0.25) is 0 Å². The zero-order valence-corrected chi connectivity index (χ0v) is 39.5. The molecule has 4 saturated heterocycles. The second-order valence-corrected chi connectivity index (χ2v) is 26.5. The summed E-state index contributed by atoms with van der Waals surface area (Å²) >= 11 is 0. The van der Waals surface area contributed by atoms with Gasteiger partial charge in [-0.2, -0.15) is 9.97 Å². The number of benzene rings is 2. The Morgan fingerprint density at radius 1 is 0.937 bits per heavy atom. The SMILES string of the molecule is CC(C)[Si](C#Cc1c(F)ccc2cccc(-c3nc4c5c(nc(OC[C@@]67CCCN6C[C@H](F)C7)nc5c3F)N3C[C@H]5CC[C@@H]([C@H]3CCC4)N5C(=O)OC(C)(C)C)c12)(C(C)C)C(C)C. The number of anilines is 1. The van der Waals surface area contributed by atoms with E-state index in [0.717, 1.165) is 50.5 Å². The number of amides is 1. The summed E-state index contributed by atoms with van der Waals surface area (Å²) in [6, 6.07) is 8.42. The number of pyridine rings is 1. The summed E-state index contributed by atoms with van der Waals surface area (Å²) < 4.78 is 61.7. The number of aromatic nitrogens is 3. The van der Waals surface area contributed by atoms with Gasteiger partial charge in [0, 0.05) is 30.5 Å². The number of fused-ring (bicyclic) bond motifs is 7. The lowest BCUT2D eigenvalue weighted by Crippen LogP contribution is -2.62. The van der Waals surface area contributed by atoms with Crippen LogP contribution in [0.3, 0.4) is 0 Å². The highest BCUT2D eigenvalue weighted by Gasteiger charge is 2.52. The molecule has 2 bridgehead atoms. The first-order chi connectivity index (χ1) is 29.9. The van der Waals surface area contributed by atoms with Gasteiger partial charge < -0.3 is 14.4 Å². The summed E-state index contributed by atoms with van der Waals surface area (Å²) in [5.41, 5.74) is 5.15. The number of ether oxygens (including phenoxy) is 2. The minimum absolute atomic E-state index is 0.0251. The Kier molecular flexibility index (Phi) is 11.3. The number of halogens is 3. The summed E-state index contributed by atoms with van der Waals surface area (Å²) in [7, 11) is -2.27. The van der Waals surface area contributed by atoms with Crippen molar-refractivity contribution in [2.24, 2.45) is 0 Å². The Balaban J connectivity index is 1.22. The number of carbonyl (C=O) groups is 1. The molecule has 0 saturated carbocycles. The van der Waals surface area contributed by atoms with Crippen LogP contribution < -0.4 is 9.64 Å². The van der Waals surface area contributed by atoms with Crippen LogP contribution in [0.1, 0.15) is 119 Å². The minimum Gasteiger partial charge on any atom is -0.461 e. The van der Waals surface area contributed by atoms with Crippen molar-refractivity contribution in [2.45, 2.75) is 166 Å². The fraction of sp³-hybridized carbons (Fsp3) is 0.600. The molecule has 336 valence electrons. The zero-order valence-electron chi connectivity index (χ0n) is 38.5. The van der Waals surface area contributed by atoms with Gasteiger partial charge in [0.05, 0.1) is 40.3 Å². The number of rotatable bonds is 7. The van der Waals surface area contributed by atoms with E-state index in [-0.39, 0.29) is 53.6 Å². The van der Waals surface area contributed by atoms with Crippen molar-refractivity contribution in [1.82, 2.24) is 24.8 Å². The van der Waals surface area contributed by atoms with E-state index in [0.29, 0.717) is 70.4 Å². The largest absolute Gasteiger partial charge is 0.461 e. The van der Waals surface area contributed by atoms with Gasteiger partial charge in [-0.05, 0) is 100 Å². The highest BCUT2D eigenvalue weighted by molar-refractivity contribution is 6.90. The standard InChI is InChI=1S/C50H63F3N6O3Si/c1-29(2)63(30(3)4,31(5)6)24-21-35-37(52)19-17-32-13-10-14-36(41(32)35)44-43(53)45-42-38(54-44)15-11-16-39-40-20-18-34(59(40)48(60)62-49(7,8)9)27-58(39)46(42)56-47(55-45)61-28-50-22-12-23-57(50)26-33(51)25-50/h10,13-14,17,19,29-31,33-34,39-40H,11-12,15-16,18,20,22-23,25-28H2,1-9H3/t33-,34-,39-,40+,50+/m1/s1. The Labute approximate surface area is 371 Å². The highest BCUT2D eigenvalue weighted by Crippen LogP contribution is 2.47. The van der Waals surface area contributed by atoms with Crippen LogP contribution in [-0.2, 0) is 11.2 Å². The molecule has 13 heteroatoms. The molecule has 2 aromatic carbocycles. The molecule has 9 rings (SSSR count). The van der Waals surface area contributed by atoms with Crippen molar-refractivity contribution in [3.05, 3.63) is 53.2 Å². The number of piperazine rings is 1. The van der Waals surface area contributed by atoms with Gasteiger partial charge >= 0.3 is 12.1 Å². The van der Waals surface area contributed by atoms with Crippen LogP contribution in [0.25, 0.3) is 32.9 Å². The van der Waals surface area contributed by atoms with Gasteiger partial charge in [0.15, 0.2) is 5.82 Å². The third-order valence-corrected chi connectivity index (χ3v) is 21.4. The number of aryl methyl sites for hydroxylation is 1. The van der Waals surface area contributed by atoms with Crippen LogP contribution in [0, 0.1) is 23.1 Å². The fourth-order valence-corrected chi connectivity index (χ4v) is 17.7. The maximum absolute atomic E-state index is 18.0. The first-order valence-electron chi connectivity index (χ1n) is 23.4. The molecule has 2 aromatic heterocycles. The zero-order chi connectivity index (χ0) is 44.7. The van der Waals surface area contributed by atoms with E-state index in [1.807, 2.05) is 43.9 Å². The third-order valence-electron chi connectivity index (χ3n) is 15.2. The molecule has 0 radical (unpaired) electrons. The summed E-state index contributed by atoms with van der Waals surface area (Å²) in [5, 5.41) is 1.79. The average molecular weight is 881 g/mol. The van der Waals surface area contributed by atoms with E-state index in [9.17, 15) is 9.18 Å². The van der Waals surface area contributed by atoms with Crippen LogP contribution in [0.2, 0.25) is 16.6 Å². The van der Waals surface area contributed by atoms with E-state index < -0.39 is 37.0 Å². The molecule has 0 spiro atoms. The predicted molar refractivity (Wildman–Crippen MR) is 246 cm³/mol. The molecule has 4 aromatic rings. The predicted octanol–water partition coefficient (Wildman–Crippen LogP) is 10.9. The summed E-state index contributed by atoms with van der Waals surface area (Å²) in [4.78, 5) is 35.2. The maximum Gasteiger partial charge on any atom is 0.410 e. The van der Waals surface area contributed by atoms with Crippen molar-refractivity contribution in [3.8, 4) is 28.7 Å². The van der Waals surface area contributed by atoms with Crippen LogP contribution >= 0.6 is 0 Å². The van der Waals surface area contributed by atoms with Gasteiger partial charge in [-0.3, -0.25) is 9.80 Å². The van der Waals surface area contributed by atoms with E-state index >= 15 is 8.78 Å². The van der Waals surface area contributed by atoms with Crippen molar-refractivity contribution in [3.63, 3.8) is 0 Å². The Morgan fingerprint density at radius 3 is 2.43 bits per heavy atom. The number of nitrogens with zero attached hydrogens (tertiary/aromatic N) is 6. The smallest absolute Gasteiger partial charge is 0.410 e. The Morgan fingerprint density at radius 2 is 1.70 bits per heavy atom. The van der Waals surface area contributed by atoms with Gasteiger partial charge in [0.25, 0.3) is 0 Å². The summed E-state index contributed by atoms with van der Waals surface area (Å²) in [6.07, 6.45) is 4.50. The molecule has 5 aliphatic heterocycles. The lowest BCUT2D eigenvalue weighted by atomic mass is 9.92. The minimum atomic E-state index is -2.27. The monoisotopic (exact) mass is 880 g/mol. The molecular formula is C50H63F3N6O3Si. The van der Waals surface area contributed by atoms with Crippen molar-refractivity contribution >= 4 is 41.7 Å². The molecular weight excluding hydrogens is 818 g/mol. The van der Waals surface area contributed by atoms with E-state index in [1.54, 1.807) is 6.07 Å². The van der Waals surface area contributed by atoms with Crippen molar-refractivity contribution < 1.29 is 27.4 Å². The van der Waals surface area contributed by atoms with Gasteiger partial charge in [0.1, 0.15) is 49.3 Å². The second kappa shape index (κ2) is 16.2.